The summed E-state index contributed by atoms with van der Waals surface area (Å²) in [5.74, 6) is 0.0469. The number of sulfonamides is 1. The third kappa shape index (κ3) is 3.99. The van der Waals surface area contributed by atoms with Crippen LogP contribution in [0.15, 0.2) is 29.2 Å². The first kappa shape index (κ1) is 14.0. The molecule has 5 nitrogen and oxygen atoms in total. The van der Waals surface area contributed by atoms with Gasteiger partial charge in [0.25, 0.3) is 0 Å². The first-order valence-electron chi connectivity index (χ1n) is 5.28. The summed E-state index contributed by atoms with van der Waals surface area (Å²) >= 11 is 0. The van der Waals surface area contributed by atoms with Crippen molar-refractivity contribution in [1.82, 2.24) is 9.62 Å². The molecule has 0 aliphatic rings. The molecule has 0 saturated heterocycles. The van der Waals surface area contributed by atoms with Crippen LogP contribution in [-0.4, -0.2) is 45.1 Å². The molecule has 0 radical (unpaired) electrons. The van der Waals surface area contributed by atoms with Gasteiger partial charge in [0, 0.05) is 12.6 Å². The second kappa shape index (κ2) is 5.48. The topological polar surface area (TPSA) is 69.6 Å². The molecule has 0 bridgehead atoms. The molecule has 96 valence electrons. The highest BCUT2D eigenvalue weighted by Gasteiger charge is 2.15. The molecule has 0 fully saturated rings. The molecule has 1 atom stereocenters. The molecule has 0 heterocycles. The number of nitrogens with one attached hydrogen (secondary N) is 1. The Morgan fingerprint density at radius 2 is 1.82 bits per heavy atom. The summed E-state index contributed by atoms with van der Waals surface area (Å²) in [6.07, 6.45) is 0. The second-order valence-corrected chi connectivity index (χ2v) is 5.93. The Bertz CT molecular complexity index is 454. The van der Waals surface area contributed by atoms with Gasteiger partial charge in [-0.2, -0.15) is 0 Å². The maximum absolute atomic E-state index is 11.9. The van der Waals surface area contributed by atoms with Gasteiger partial charge in [0.15, 0.2) is 0 Å². The smallest absolute Gasteiger partial charge is 0.240 e. The van der Waals surface area contributed by atoms with Crippen LogP contribution in [-0.2, 0) is 10.0 Å². The summed E-state index contributed by atoms with van der Waals surface area (Å²) in [5, 5.41) is 9.09. The number of benzene rings is 1. The zero-order chi connectivity index (χ0) is 13.1. The van der Waals surface area contributed by atoms with Gasteiger partial charge in [-0.1, -0.05) is 0 Å². The molecular formula is C11H18N2O3S. The van der Waals surface area contributed by atoms with Crippen molar-refractivity contribution in [2.75, 3.05) is 20.6 Å². The van der Waals surface area contributed by atoms with Gasteiger partial charge in [0.1, 0.15) is 5.75 Å². The molecule has 6 heteroatoms. The predicted octanol–water partition coefficient (Wildman–Crippen LogP) is 0.621. The van der Waals surface area contributed by atoms with Crippen molar-refractivity contribution in [1.29, 1.82) is 0 Å². The maximum Gasteiger partial charge on any atom is 0.240 e. The summed E-state index contributed by atoms with van der Waals surface area (Å²) in [6.45, 7) is 2.27. The predicted molar refractivity (Wildman–Crippen MR) is 66.4 cm³/mol. The number of hydrogen-bond acceptors (Lipinski definition) is 4. The van der Waals surface area contributed by atoms with Crippen LogP contribution in [0.25, 0.3) is 0 Å². The van der Waals surface area contributed by atoms with Crippen molar-refractivity contribution in [3.63, 3.8) is 0 Å². The fraction of sp³-hybridized carbons (Fsp3) is 0.455. The van der Waals surface area contributed by atoms with Gasteiger partial charge in [0.05, 0.1) is 4.90 Å². The van der Waals surface area contributed by atoms with Crippen LogP contribution in [0.4, 0.5) is 0 Å². The van der Waals surface area contributed by atoms with E-state index in [4.69, 9.17) is 5.11 Å². The van der Waals surface area contributed by atoms with Crippen molar-refractivity contribution >= 4 is 10.0 Å². The quantitative estimate of drug-likeness (QED) is 0.812. The van der Waals surface area contributed by atoms with Gasteiger partial charge < -0.3 is 10.0 Å². The Balaban J connectivity index is 2.72. The van der Waals surface area contributed by atoms with E-state index in [9.17, 15) is 8.42 Å². The number of likely N-dealkylation sites (N-methyl/N-ethyl adjacent to an activating group) is 1. The van der Waals surface area contributed by atoms with E-state index in [0.29, 0.717) is 6.54 Å². The minimum absolute atomic E-state index is 0.0469. The van der Waals surface area contributed by atoms with Crippen molar-refractivity contribution < 1.29 is 13.5 Å². The maximum atomic E-state index is 11.9. The Kier molecular flexibility index (Phi) is 4.50. The second-order valence-electron chi connectivity index (χ2n) is 4.16. The lowest BCUT2D eigenvalue weighted by atomic mass is 10.3. The molecule has 0 aliphatic carbocycles. The number of aromatic hydroxyl groups is 1. The van der Waals surface area contributed by atoms with Gasteiger partial charge in [0.2, 0.25) is 10.0 Å². The van der Waals surface area contributed by atoms with E-state index in [2.05, 4.69) is 4.72 Å². The van der Waals surface area contributed by atoms with Crippen LogP contribution in [0.5, 0.6) is 5.75 Å². The van der Waals surface area contributed by atoms with E-state index in [0.717, 1.165) is 0 Å². The zero-order valence-electron chi connectivity index (χ0n) is 10.2. The van der Waals surface area contributed by atoms with Gasteiger partial charge >= 0.3 is 0 Å². The lowest BCUT2D eigenvalue weighted by molar-refractivity contribution is 0.314. The molecule has 1 rings (SSSR count). The lowest BCUT2D eigenvalue weighted by Gasteiger charge is -2.19. The molecule has 17 heavy (non-hydrogen) atoms. The average molecular weight is 258 g/mol. The SMILES string of the molecule is CC(CNS(=O)(=O)c1ccc(O)cc1)N(C)C. The summed E-state index contributed by atoms with van der Waals surface area (Å²) in [7, 11) is 0.283. The van der Waals surface area contributed by atoms with Crippen LogP contribution in [0.1, 0.15) is 6.92 Å². The largest absolute Gasteiger partial charge is 0.508 e. The molecule has 0 saturated carbocycles. The first-order valence-corrected chi connectivity index (χ1v) is 6.76. The van der Waals surface area contributed by atoms with Crippen molar-refractivity contribution in [2.24, 2.45) is 0 Å². The third-order valence-electron chi connectivity index (χ3n) is 2.60. The molecule has 0 aromatic heterocycles. The number of phenols is 1. The third-order valence-corrected chi connectivity index (χ3v) is 4.04. The summed E-state index contributed by atoms with van der Waals surface area (Å²) in [5.41, 5.74) is 0. The highest BCUT2D eigenvalue weighted by atomic mass is 32.2. The van der Waals surface area contributed by atoms with Crippen molar-refractivity contribution in [3.8, 4) is 5.75 Å². The normalized spacial score (nSPS) is 13.9. The van der Waals surface area contributed by atoms with Crippen molar-refractivity contribution in [2.45, 2.75) is 17.9 Å². The number of hydrogen-bond donors (Lipinski definition) is 2. The molecule has 0 amide bonds. The molecule has 1 aromatic carbocycles. The van der Waals surface area contributed by atoms with E-state index in [-0.39, 0.29) is 16.7 Å². The Hall–Kier alpha value is -1.11. The number of nitrogens with zero attached hydrogens (tertiary/aromatic N) is 1. The molecular weight excluding hydrogens is 240 g/mol. The van der Waals surface area contributed by atoms with Gasteiger partial charge in [-0.15, -0.1) is 0 Å². The fourth-order valence-corrected chi connectivity index (χ4v) is 2.24. The van der Waals surface area contributed by atoms with E-state index < -0.39 is 10.0 Å². The van der Waals surface area contributed by atoms with Crippen LogP contribution >= 0.6 is 0 Å². The van der Waals surface area contributed by atoms with Gasteiger partial charge in [-0.3, -0.25) is 0 Å². The molecule has 0 aliphatic heterocycles. The molecule has 2 N–H and O–H groups in total. The standard InChI is InChI=1S/C11H18N2O3S/c1-9(13(2)3)8-12-17(15,16)11-6-4-10(14)5-7-11/h4-7,9,12,14H,8H2,1-3H3. The van der Waals surface area contributed by atoms with E-state index in [1.54, 1.807) is 0 Å². The van der Waals surface area contributed by atoms with E-state index in [1.807, 2.05) is 25.9 Å². The van der Waals surface area contributed by atoms with Crippen LogP contribution in [0.2, 0.25) is 0 Å². The van der Waals surface area contributed by atoms with E-state index in [1.165, 1.54) is 24.3 Å². The Morgan fingerprint density at radius 1 is 1.29 bits per heavy atom. The Labute approximate surface area is 102 Å². The van der Waals surface area contributed by atoms with Crippen molar-refractivity contribution in [3.05, 3.63) is 24.3 Å². The van der Waals surface area contributed by atoms with Crippen LogP contribution in [0.3, 0.4) is 0 Å². The van der Waals surface area contributed by atoms with Crippen LogP contribution < -0.4 is 4.72 Å². The highest BCUT2D eigenvalue weighted by molar-refractivity contribution is 7.89. The fourth-order valence-electron chi connectivity index (χ4n) is 1.12. The highest BCUT2D eigenvalue weighted by Crippen LogP contribution is 2.14. The van der Waals surface area contributed by atoms with E-state index >= 15 is 0 Å². The summed E-state index contributed by atoms with van der Waals surface area (Å²) < 4.78 is 26.2. The zero-order valence-corrected chi connectivity index (χ0v) is 11.0. The molecule has 1 aromatic rings. The van der Waals surface area contributed by atoms with Gasteiger partial charge in [-0.05, 0) is 45.3 Å². The number of rotatable bonds is 5. The number of phenolic OH excluding ortho intramolecular Hbond substituents is 1. The minimum Gasteiger partial charge on any atom is -0.508 e. The summed E-state index contributed by atoms with van der Waals surface area (Å²) in [6, 6.07) is 5.56. The first-order chi connectivity index (χ1) is 7.83. The van der Waals surface area contributed by atoms with Gasteiger partial charge in [-0.25, -0.2) is 13.1 Å². The summed E-state index contributed by atoms with van der Waals surface area (Å²) in [4.78, 5) is 2.08. The lowest BCUT2D eigenvalue weighted by Crippen LogP contribution is -2.38. The Morgan fingerprint density at radius 3 is 2.29 bits per heavy atom. The molecule has 1 unspecified atom stereocenters. The van der Waals surface area contributed by atoms with Crippen LogP contribution in [0, 0.1) is 0 Å². The monoisotopic (exact) mass is 258 g/mol. The average Bonchev–Trinajstić information content (AvgIpc) is 2.26. The molecule has 0 spiro atoms. The minimum atomic E-state index is -3.49.